The molecule has 2 amide bonds. The molecule has 0 aliphatic carbocycles. The number of fused-ring (bicyclic) bond motifs is 1. The van der Waals surface area contributed by atoms with Gasteiger partial charge in [-0.1, -0.05) is 6.92 Å². The van der Waals surface area contributed by atoms with Crippen molar-refractivity contribution in [3.8, 4) is 0 Å². The molecule has 0 aromatic carbocycles. The molecule has 19 nitrogen and oxygen atoms in total. The number of esters is 2. The Morgan fingerprint density at radius 1 is 0.857 bits per heavy atom. The van der Waals surface area contributed by atoms with Crippen LogP contribution in [0.4, 0.5) is 20.2 Å². The Balaban J connectivity index is 2.17. The number of halogens is 1. The summed E-state index contributed by atoms with van der Waals surface area (Å²) in [6.07, 6.45) is -6.44. The highest BCUT2D eigenvalue weighted by molar-refractivity contribution is 6.29. The number of nitrogens with zero attached hydrogens (tertiary/aromatic N) is 5. The molecule has 1 aliphatic heterocycles. The second kappa shape index (κ2) is 17.7. The smallest absolute Gasteiger partial charge is 0.466 e. The first-order chi connectivity index (χ1) is 25.7. The number of ether oxygens (including phenoxy) is 8. The molecule has 0 radical (unpaired) electrons. The average molecular weight is 814 g/mol. The maximum atomic E-state index is 13.5. The number of ketones is 1. The zero-order valence-electron chi connectivity index (χ0n) is 34.0. The normalized spacial score (nSPS) is 19.8. The number of amides is 2. The lowest BCUT2D eigenvalue weighted by atomic mass is 9.94. The first-order valence-electron chi connectivity index (χ1n) is 17.9. The number of imide groups is 1. The van der Waals surface area contributed by atoms with Crippen molar-refractivity contribution in [2.45, 2.75) is 137 Å². The van der Waals surface area contributed by atoms with E-state index in [2.05, 4.69) is 15.0 Å². The Bertz CT molecular complexity index is 1770. The molecule has 3 rings (SSSR count). The van der Waals surface area contributed by atoms with Crippen molar-refractivity contribution in [1.29, 1.82) is 0 Å². The Labute approximate surface area is 329 Å². The maximum Gasteiger partial charge on any atom is 0.509 e. The van der Waals surface area contributed by atoms with Gasteiger partial charge in [0.25, 0.3) is 0 Å². The molecule has 3 heterocycles. The van der Waals surface area contributed by atoms with Crippen LogP contribution in [0.1, 0.15) is 103 Å². The van der Waals surface area contributed by atoms with Crippen molar-refractivity contribution in [2.75, 3.05) is 24.7 Å². The van der Waals surface area contributed by atoms with Crippen LogP contribution in [0.15, 0.2) is 6.33 Å². The van der Waals surface area contributed by atoms with Gasteiger partial charge in [0, 0.05) is 5.92 Å². The minimum atomic E-state index is -2.39. The summed E-state index contributed by atoms with van der Waals surface area (Å²) < 4.78 is 46.1. The molecule has 0 bridgehead atoms. The van der Waals surface area contributed by atoms with E-state index in [1.54, 1.807) is 76.2 Å². The Hall–Kier alpha value is -4.62. The molecule has 0 saturated carbocycles. The van der Waals surface area contributed by atoms with Crippen LogP contribution in [0, 0.1) is 5.92 Å². The van der Waals surface area contributed by atoms with Crippen LogP contribution in [0.5, 0.6) is 0 Å². The van der Waals surface area contributed by atoms with Crippen LogP contribution in [0.3, 0.4) is 0 Å². The van der Waals surface area contributed by atoms with Gasteiger partial charge in [0.05, 0.1) is 38.7 Å². The van der Waals surface area contributed by atoms with Gasteiger partial charge in [0.2, 0.25) is 10.9 Å². The molecule has 0 N–H and O–H groups in total. The summed E-state index contributed by atoms with van der Waals surface area (Å²) in [5, 5.41) is -0.429. The van der Waals surface area contributed by atoms with E-state index in [1.165, 1.54) is 17.8 Å². The second-order valence-electron chi connectivity index (χ2n) is 15.8. The van der Waals surface area contributed by atoms with Crippen LogP contribution in [-0.2, 0) is 52.3 Å². The van der Waals surface area contributed by atoms with Crippen LogP contribution in [-0.4, -0.2) is 110 Å². The predicted molar refractivity (Wildman–Crippen MR) is 197 cm³/mol. The van der Waals surface area contributed by atoms with Crippen LogP contribution in [0.25, 0.3) is 11.2 Å². The average Bonchev–Trinajstić information content (AvgIpc) is 3.56. The molecule has 2 aromatic heterocycles. The molecule has 1 aliphatic rings. The van der Waals surface area contributed by atoms with E-state index in [1.807, 2.05) is 0 Å². The van der Waals surface area contributed by atoms with E-state index in [4.69, 9.17) is 49.5 Å². The molecular weight excluding hydrogens is 762 g/mol. The topological polar surface area (TPSA) is 223 Å². The van der Waals surface area contributed by atoms with Crippen LogP contribution >= 0.6 is 11.6 Å². The van der Waals surface area contributed by atoms with Gasteiger partial charge < -0.3 is 37.9 Å². The minimum absolute atomic E-state index is 0.0226. The van der Waals surface area contributed by atoms with E-state index in [0.717, 1.165) is 6.92 Å². The summed E-state index contributed by atoms with van der Waals surface area (Å²) in [6.45, 7) is 19.7. The largest absolute Gasteiger partial charge is 0.509 e. The molecule has 312 valence electrons. The molecule has 56 heavy (non-hydrogen) atoms. The van der Waals surface area contributed by atoms with Crippen LogP contribution in [0.2, 0.25) is 5.28 Å². The third kappa shape index (κ3) is 11.5. The number of carbonyl (C=O) groups excluding carboxylic acids is 6. The van der Waals surface area contributed by atoms with Gasteiger partial charge >= 0.3 is 30.3 Å². The lowest BCUT2D eigenvalue weighted by Gasteiger charge is -2.30. The van der Waals surface area contributed by atoms with E-state index >= 15 is 0 Å². The number of imidazole rings is 1. The quantitative estimate of drug-likeness (QED) is 0.106. The lowest BCUT2D eigenvalue weighted by Crippen LogP contribution is -2.52. The SMILES string of the molecule is CCOC(=O)CC(OC[C@H]1O[C@@H](n2cnc3c(N(C(=O)OC(C)(C)C)C(=O)OC(C)(C)C)nc(Cl)nc32)[C@H](OC(=O)OC(C)(C)C)[C@@H]1C)(C(C)=O)C(=O)OCC. The molecule has 1 unspecified atom stereocenters. The number of hydrogen-bond donors (Lipinski definition) is 0. The highest BCUT2D eigenvalue weighted by atomic mass is 35.5. The molecule has 1 fully saturated rings. The summed E-state index contributed by atoms with van der Waals surface area (Å²) in [4.78, 5) is 92.4. The first kappa shape index (κ1) is 45.8. The van der Waals surface area contributed by atoms with Crippen molar-refractivity contribution < 1.29 is 66.7 Å². The number of anilines is 1. The van der Waals surface area contributed by atoms with Gasteiger partial charge in [-0.2, -0.15) is 14.9 Å². The fourth-order valence-corrected chi connectivity index (χ4v) is 5.50. The highest BCUT2D eigenvalue weighted by Crippen LogP contribution is 2.40. The molecule has 20 heteroatoms. The van der Waals surface area contributed by atoms with Gasteiger partial charge in [-0.05, 0) is 94.7 Å². The van der Waals surface area contributed by atoms with Gasteiger partial charge in [0.1, 0.15) is 16.8 Å². The third-order valence-corrected chi connectivity index (χ3v) is 7.87. The second-order valence-corrected chi connectivity index (χ2v) is 16.1. The summed E-state index contributed by atoms with van der Waals surface area (Å²) in [6, 6.07) is 0. The summed E-state index contributed by atoms with van der Waals surface area (Å²) >= 11 is 6.40. The molecule has 5 atom stereocenters. The van der Waals surface area contributed by atoms with Crippen LogP contribution < -0.4 is 4.90 Å². The molecular formula is C36H52ClN5O14. The fourth-order valence-electron chi connectivity index (χ4n) is 5.34. The molecule has 1 saturated heterocycles. The van der Waals surface area contributed by atoms with Crippen molar-refractivity contribution in [3.05, 3.63) is 11.6 Å². The Morgan fingerprint density at radius 2 is 1.41 bits per heavy atom. The van der Waals surface area contributed by atoms with Crippen molar-refractivity contribution in [1.82, 2.24) is 19.5 Å². The highest BCUT2D eigenvalue weighted by Gasteiger charge is 2.52. The standard InChI is InChI=1S/C36H52ClN5O14/c1-14-49-22(44)16-36(20(4)43,28(45)50-15-2)51-17-21-19(3)24(53-32(48)56-35(11,12)13)27(52-21)41-18-38-23-25(41)39-29(37)40-26(23)42(30(46)54-33(5,6)7)31(47)55-34(8,9)10/h18-19,21,24,27H,14-17H2,1-13H3/t19-,21-,24-,27-,36?/m1/s1. The van der Waals surface area contributed by atoms with E-state index in [9.17, 15) is 28.8 Å². The molecule has 0 spiro atoms. The van der Waals surface area contributed by atoms with Gasteiger partial charge in [-0.3, -0.25) is 14.2 Å². The number of Topliss-reactive ketones (excluding diaryl/α,β-unsaturated/α-hetero) is 1. The number of rotatable bonds is 12. The first-order valence-corrected chi connectivity index (χ1v) is 18.3. The number of hydrogen-bond acceptors (Lipinski definition) is 17. The zero-order chi connectivity index (χ0) is 42.6. The fraction of sp³-hybridized carbons (Fsp3) is 0.694. The predicted octanol–water partition coefficient (Wildman–Crippen LogP) is 5.87. The summed E-state index contributed by atoms with van der Waals surface area (Å²) in [7, 11) is 0. The Kier molecular flexibility index (Phi) is 14.4. The minimum Gasteiger partial charge on any atom is -0.466 e. The number of carbonyl (C=O) groups is 6. The van der Waals surface area contributed by atoms with E-state index < -0.39 is 107 Å². The van der Waals surface area contributed by atoms with Gasteiger partial charge in [0.15, 0.2) is 35.1 Å². The lowest BCUT2D eigenvalue weighted by molar-refractivity contribution is -0.188. The Morgan fingerprint density at radius 3 is 1.91 bits per heavy atom. The van der Waals surface area contributed by atoms with E-state index in [-0.39, 0.29) is 24.4 Å². The summed E-state index contributed by atoms with van der Waals surface area (Å²) in [5.41, 5.74) is -5.66. The number of aromatic nitrogens is 4. The van der Waals surface area contributed by atoms with Crippen molar-refractivity contribution in [2.24, 2.45) is 5.92 Å². The van der Waals surface area contributed by atoms with E-state index in [0.29, 0.717) is 4.90 Å². The third-order valence-electron chi connectivity index (χ3n) is 7.70. The zero-order valence-corrected chi connectivity index (χ0v) is 34.8. The summed E-state index contributed by atoms with van der Waals surface area (Å²) in [5.74, 6) is -3.98. The van der Waals surface area contributed by atoms with Gasteiger partial charge in [-0.25, -0.2) is 24.2 Å². The molecule has 2 aromatic rings. The van der Waals surface area contributed by atoms with Gasteiger partial charge in [-0.15, -0.1) is 0 Å². The maximum absolute atomic E-state index is 13.5. The van der Waals surface area contributed by atoms with Crippen molar-refractivity contribution >= 4 is 64.6 Å². The monoisotopic (exact) mass is 813 g/mol. The van der Waals surface area contributed by atoms with Crippen molar-refractivity contribution in [3.63, 3.8) is 0 Å².